The molecule has 0 fully saturated rings. The lowest BCUT2D eigenvalue weighted by Crippen LogP contribution is -2.26. The van der Waals surface area contributed by atoms with E-state index in [1.54, 1.807) is 29.9 Å². The van der Waals surface area contributed by atoms with Crippen LogP contribution in [-0.4, -0.2) is 33.4 Å². The number of aryl methyl sites for hydroxylation is 1. The fraction of sp³-hybridized carbons (Fsp3) is 0.444. The summed E-state index contributed by atoms with van der Waals surface area (Å²) in [6.07, 6.45) is 1.55. The van der Waals surface area contributed by atoms with Gasteiger partial charge in [0.05, 0.1) is 6.20 Å². The van der Waals surface area contributed by atoms with Gasteiger partial charge in [-0.05, 0) is 0 Å². The van der Waals surface area contributed by atoms with Crippen LogP contribution in [0.1, 0.15) is 0 Å². The molecule has 6 nitrogen and oxygen atoms in total. The first-order chi connectivity index (χ1) is 7.02. The molecule has 0 atom stereocenters. The predicted octanol–water partition coefficient (Wildman–Crippen LogP) is -0.267. The minimum absolute atomic E-state index is 0.0724. The topological polar surface area (TPSA) is 56.0 Å². The van der Waals surface area contributed by atoms with Gasteiger partial charge in [-0.2, -0.15) is 10.1 Å². The number of hydrogen-bond acceptors (Lipinski definition) is 4. The van der Waals surface area contributed by atoms with Crippen molar-refractivity contribution in [3.05, 3.63) is 16.6 Å². The highest BCUT2D eigenvalue weighted by Crippen LogP contribution is 2.10. The van der Waals surface area contributed by atoms with E-state index in [2.05, 4.69) is 10.1 Å². The first kappa shape index (κ1) is 9.70. The molecule has 15 heavy (non-hydrogen) atoms. The van der Waals surface area contributed by atoms with Crippen molar-refractivity contribution in [3.63, 3.8) is 0 Å². The number of hydrogen-bond donors (Lipinski definition) is 0. The summed E-state index contributed by atoms with van der Waals surface area (Å²) in [4.78, 5) is 18.1. The van der Waals surface area contributed by atoms with E-state index >= 15 is 0 Å². The van der Waals surface area contributed by atoms with Crippen LogP contribution in [0.2, 0.25) is 0 Å². The second-order valence-electron chi connectivity index (χ2n) is 3.68. The zero-order chi connectivity index (χ0) is 11.2. The average Bonchev–Trinajstić information content (AvgIpc) is 2.53. The first-order valence-electron chi connectivity index (χ1n) is 4.58. The standard InChI is InChI=1S/C9H13N5O/c1-12(2)9-11-7-6(5-10-14(7)4)8(15)13(9)3/h5H,1-4H3. The van der Waals surface area contributed by atoms with Crippen LogP contribution in [0.5, 0.6) is 0 Å². The normalized spacial score (nSPS) is 10.9. The highest BCUT2D eigenvalue weighted by molar-refractivity contribution is 5.74. The maximum atomic E-state index is 11.9. The Balaban J connectivity index is 2.91. The Labute approximate surface area is 86.8 Å². The van der Waals surface area contributed by atoms with Crippen molar-refractivity contribution in [1.82, 2.24) is 19.3 Å². The number of fused-ring (bicyclic) bond motifs is 1. The number of anilines is 1. The Morgan fingerprint density at radius 3 is 2.60 bits per heavy atom. The molecule has 0 aromatic carbocycles. The van der Waals surface area contributed by atoms with E-state index in [1.807, 2.05) is 14.1 Å². The monoisotopic (exact) mass is 207 g/mol. The highest BCUT2D eigenvalue weighted by Gasteiger charge is 2.12. The number of nitrogens with zero attached hydrogens (tertiary/aromatic N) is 5. The van der Waals surface area contributed by atoms with Crippen molar-refractivity contribution in [3.8, 4) is 0 Å². The van der Waals surface area contributed by atoms with Crippen LogP contribution >= 0.6 is 0 Å². The minimum atomic E-state index is -0.0724. The second-order valence-corrected chi connectivity index (χ2v) is 3.68. The molecule has 2 aromatic heterocycles. The van der Waals surface area contributed by atoms with Gasteiger partial charge in [-0.1, -0.05) is 0 Å². The summed E-state index contributed by atoms with van der Waals surface area (Å²) in [6, 6.07) is 0. The Hall–Kier alpha value is -1.85. The van der Waals surface area contributed by atoms with Crippen molar-refractivity contribution in [2.24, 2.45) is 14.1 Å². The molecule has 0 amide bonds. The molecule has 0 saturated carbocycles. The summed E-state index contributed by atoms with van der Waals surface area (Å²) < 4.78 is 3.12. The van der Waals surface area contributed by atoms with Gasteiger partial charge in [-0.15, -0.1) is 0 Å². The van der Waals surface area contributed by atoms with Gasteiger partial charge in [-0.3, -0.25) is 14.0 Å². The maximum absolute atomic E-state index is 11.9. The Kier molecular flexibility index (Phi) is 1.99. The van der Waals surface area contributed by atoms with Crippen molar-refractivity contribution >= 4 is 17.0 Å². The van der Waals surface area contributed by atoms with Crippen LogP contribution in [0, 0.1) is 0 Å². The summed E-state index contributed by atoms with van der Waals surface area (Å²) in [6.45, 7) is 0. The SMILES string of the molecule is CN(C)c1nc2c(cnn2C)c(=O)n1C. The molecule has 2 aromatic rings. The fourth-order valence-corrected chi connectivity index (χ4v) is 1.56. The van der Waals surface area contributed by atoms with Crippen LogP contribution in [0.15, 0.2) is 11.0 Å². The van der Waals surface area contributed by atoms with Gasteiger partial charge in [-0.25, -0.2) is 0 Å². The lowest BCUT2D eigenvalue weighted by Gasteiger charge is -2.14. The summed E-state index contributed by atoms with van der Waals surface area (Å²) >= 11 is 0. The predicted molar refractivity (Wildman–Crippen MR) is 58.1 cm³/mol. The second kappa shape index (κ2) is 3.08. The van der Waals surface area contributed by atoms with Gasteiger partial charge in [0.1, 0.15) is 5.39 Å². The third-order valence-corrected chi connectivity index (χ3v) is 2.35. The summed E-state index contributed by atoms with van der Waals surface area (Å²) in [7, 11) is 7.18. The summed E-state index contributed by atoms with van der Waals surface area (Å²) in [5.74, 6) is 0.621. The van der Waals surface area contributed by atoms with E-state index in [4.69, 9.17) is 0 Å². The van der Waals surface area contributed by atoms with Crippen molar-refractivity contribution in [2.75, 3.05) is 19.0 Å². The zero-order valence-corrected chi connectivity index (χ0v) is 9.22. The van der Waals surface area contributed by atoms with Gasteiger partial charge >= 0.3 is 0 Å². The van der Waals surface area contributed by atoms with Gasteiger partial charge in [0.25, 0.3) is 5.56 Å². The largest absolute Gasteiger partial charge is 0.348 e. The molecule has 0 spiro atoms. The first-order valence-corrected chi connectivity index (χ1v) is 4.58. The lowest BCUT2D eigenvalue weighted by molar-refractivity contribution is 0.768. The number of rotatable bonds is 1. The molecule has 6 heteroatoms. The van der Waals surface area contributed by atoms with E-state index in [-0.39, 0.29) is 5.56 Å². The van der Waals surface area contributed by atoms with Crippen LogP contribution in [0.25, 0.3) is 11.0 Å². The van der Waals surface area contributed by atoms with Gasteiger partial charge in [0.15, 0.2) is 5.65 Å². The van der Waals surface area contributed by atoms with E-state index < -0.39 is 0 Å². The third kappa shape index (κ3) is 1.29. The molecule has 0 aliphatic rings. The van der Waals surface area contributed by atoms with Gasteiger partial charge in [0, 0.05) is 28.2 Å². The smallest absolute Gasteiger partial charge is 0.265 e. The molecule has 80 valence electrons. The summed E-state index contributed by atoms with van der Waals surface area (Å²) in [5.41, 5.74) is 0.540. The zero-order valence-electron chi connectivity index (χ0n) is 9.22. The molecule has 2 rings (SSSR count). The van der Waals surface area contributed by atoms with Crippen LogP contribution in [-0.2, 0) is 14.1 Å². The van der Waals surface area contributed by atoms with Crippen LogP contribution in [0.4, 0.5) is 5.95 Å². The number of aromatic nitrogens is 4. The molecule has 0 aliphatic carbocycles. The highest BCUT2D eigenvalue weighted by atomic mass is 16.1. The molecular formula is C9H13N5O. The summed E-state index contributed by atoms with van der Waals surface area (Å²) in [5, 5.41) is 4.57. The minimum Gasteiger partial charge on any atom is -0.348 e. The molecule has 0 saturated heterocycles. The Bertz CT molecular complexity index is 566. The van der Waals surface area contributed by atoms with Gasteiger partial charge < -0.3 is 4.90 Å². The Morgan fingerprint density at radius 1 is 1.33 bits per heavy atom. The molecule has 0 bridgehead atoms. The molecule has 0 aliphatic heterocycles. The van der Waals surface area contributed by atoms with Crippen molar-refractivity contribution < 1.29 is 0 Å². The van der Waals surface area contributed by atoms with E-state index in [0.717, 1.165) is 0 Å². The molecule has 0 N–H and O–H groups in total. The molecule has 0 unspecified atom stereocenters. The molecular weight excluding hydrogens is 194 g/mol. The Morgan fingerprint density at radius 2 is 2.00 bits per heavy atom. The van der Waals surface area contributed by atoms with Crippen LogP contribution < -0.4 is 10.5 Å². The lowest BCUT2D eigenvalue weighted by atomic mass is 10.4. The van der Waals surface area contributed by atoms with E-state index in [9.17, 15) is 4.79 Å². The maximum Gasteiger partial charge on any atom is 0.265 e. The van der Waals surface area contributed by atoms with Crippen LogP contribution in [0.3, 0.4) is 0 Å². The van der Waals surface area contributed by atoms with E-state index in [1.165, 1.54) is 4.57 Å². The molecule has 0 radical (unpaired) electrons. The third-order valence-electron chi connectivity index (χ3n) is 2.35. The fourth-order valence-electron chi connectivity index (χ4n) is 1.56. The van der Waals surface area contributed by atoms with Gasteiger partial charge in [0.2, 0.25) is 5.95 Å². The van der Waals surface area contributed by atoms with E-state index in [0.29, 0.717) is 17.0 Å². The van der Waals surface area contributed by atoms with Crippen molar-refractivity contribution in [1.29, 1.82) is 0 Å². The van der Waals surface area contributed by atoms with Crippen molar-refractivity contribution in [2.45, 2.75) is 0 Å². The average molecular weight is 207 g/mol. The quantitative estimate of drug-likeness (QED) is 0.646. The molecule has 2 heterocycles.